The van der Waals surface area contributed by atoms with Gasteiger partial charge < -0.3 is 10.5 Å². The minimum Gasteiger partial charge on any atom is -0.487 e. The Morgan fingerprint density at radius 2 is 2.09 bits per heavy atom. The van der Waals surface area contributed by atoms with Gasteiger partial charge in [0.2, 0.25) is 0 Å². The SMILES string of the molecule is N#C/C(=C\c1ccc(OCc2ccccc2Br)c(Cl)c1)C(N)=O. The molecule has 0 radical (unpaired) electrons. The van der Waals surface area contributed by atoms with E-state index in [4.69, 9.17) is 27.3 Å². The molecule has 0 aromatic heterocycles. The van der Waals surface area contributed by atoms with Gasteiger partial charge in [0.15, 0.2) is 0 Å². The molecule has 0 saturated heterocycles. The van der Waals surface area contributed by atoms with Gasteiger partial charge in [-0.25, -0.2) is 0 Å². The van der Waals surface area contributed by atoms with Crippen molar-refractivity contribution in [2.24, 2.45) is 5.73 Å². The van der Waals surface area contributed by atoms with Crippen molar-refractivity contribution in [3.63, 3.8) is 0 Å². The second kappa shape index (κ2) is 7.82. The number of halogens is 2. The Bertz CT molecular complexity index is 812. The highest BCUT2D eigenvalue weighted by Gasteiger charge is 2.07. The predicted octanol–water partition coefficient (Wildman–Crippen LogP) is 4.07. The molecule has 0 heterocycles. The monoisotopic (exact) mass is 390 g/mol. The number of nitriles is 1. The smallest absolute Gasteiger partial charge is 0.259 e. The lowest BCUT2D eigenvalue weighted by molar-refractivity contribution is -0.114. The summed E-state index contributed by atoms with van der Waals surface area (Å²) in [5.41, 5.74) is 6.55. The average Bonchev–Trinajstić information content (AvgIpc) is 2.53. The van der Waals surface area contributed by atoms with E-state index in [1.54, 1.807) is 24.3 Å². The topological polar surface area (TPSA) is 76.1 Å². The first-order chi connectivity index (χ1) is 11.0. The van der Waals surface area contributed by atoms with Gasteiger partial charge in [-0.2, -0.15) is 5.26 Å². The maximum absolute atomic E-state index is 11.0. The number of nitrogens with zero attached hydrogens (tertiary/aromatic N) is 1. The molecule has 2 N–H and O–H groups in total. The third-order valence-corrected chi connectivity index (χ3v) is 4.06. The summed E-state index contributed by atoms with van der Waals surface area (Å²) in [6.07, 6.45) is 1.38. The third kappa shape index (κ3) is 4.59. The summed E-state index contributed by atoms with van der Waals surface area (Å²) in [6.45, 7) is 0.362. The molecule has 0 atom stereocenters. The molecule has 4 nitrogen and oxygen atoms in total. The van der Waals surface area contributed by atoms with Crippen molar-refractivity contribution in [2.75, 3.05) is 0 Å². The number of rotatable bonds is 5. The van der Waals surface area contributed by atoms with Crippen LogP contribution in [0.25, 0.3) is 6.08 Å². The summed E-state index contributed by atoms with van der Waals surface area (Å²) in [5, 5.41) is 9.22. The van der Waals surface area contributed by atoms with Gasteiger partial charge in [0.05, 0.1) is 5.02 Å². The van der Waals surface area contributed by atoms with E-state index in [1.165, 1.54) is 6.08 Å². The van der Waals surface area contributed by atoms with E-state index < -0.39 is 5.91 Å². The molecule has 0 unspecified atom stereocenters. The zero-order valence-corrected chi connectivity index (χ0v) is 14.3. The number of nitrogens with two attached hydrogens (primary N) is 1. The molecule has 1 amide bonds. The normalized spacial score (nSPS) is 10.9. The highest BCUT2D eigenvalue weighted by molar-refractivity contribution is 9.10. The van der Waals surface area contributed by atoms with E-state index in [9.17, 15) is 4.79 Å². The Balaban J connectivity index is 2.16. The molecule has 2 aromatic rings. The van der Waals surface area contributed by atoms with Gasteiger partial charge in [-0.3, -0.25) is 4.79 Å². The second-order valence-corrected chi connectivity index (χ2v) is 5.87. The van der Waals surface area contributed by atoms with Crippen LogP contribution in [0.3, 0.4) is 0 Å². The van der Waals surface area contributed by atoms with Gasteiger partial charge in [0.25, 0.3) is 5.91 Å². The molecule has 0 saturated carbocycles. The van der Waals surface area contributed by atoms with Crippen molar-refractivity contribution in [2.45, 2.75) is 6.61 Å². The fourth-order valence-electron chi connectivity index (χ4n) is 1.82. The zero-order chi connectivity index (χ0) is 16.8. The van der Waals surface area contributed by atoms with E-state index in [2.05, 4.69) is 15.9 Å². The number of hydrogen-bond donors (Lipinski definition) is 1. The van der Waals surface area contributed by atoms with Crippen molar-refractivity contribution in [1.29, 1.82) is 5.26 Å². The van der Waals surface area contributed by atoms with Crippen molar-refractivity contribution >= 4 is 39.5 Å². The van der Waals surface area contributed by atoms with Crippen LogP contribution in [0, 0.1) is 11.3 Å². The third-order valence-electron chi connectivity index (χ3n) is 2.99. The average molecular weight is 392 g/mol. The van der Waals surface area contributed by atoms with Gasteiger partial charge >= 0.3 is 0 Å². The van der Waals surface area contributed by atoms with E-state index in [-0.39, 0.29) is 5.57 Å². The Morgan fingerprint density at radius 3 is 2.70 bits per heavy atom. The number of primary amides is 1. The molecule has 2 rings (SSSR count). The van der Waals surface area contributed by atoms with Crippen LogP contribution in [0.5, 0.6) is 5.75 Å². The number of carbonyl (C=O) groups is 1. The summed E-state index contributed by atoms with van der Waals surface area (Å²) in [5.74, 6) is -0.268. The molecule has 0 aliphatic heterocycles. The molecule has 23 heavy (non-hydrogen) atoms. The van der Waals surface area contributed by atoms with Gasteiger partial charge in [0, 0.05) is 10.0 Å². The van der Waals surface area contributed by atoms with Crippen molar-refractivity contribution in [3.8, 4) is 11.8 Å². The molecule has 0 spiro atoms. The minimum absolute atomic E-state index is 0.136. The van der Waals surface area contributed by atoms with Crippen LogP contribution in [0.1, 0.15) is 11.1 Å². The van der Waals surface area contributed by atoms with E-state index in [0.29, 0.717) is 22.9 Å². The lowest BCUT2D eigenvalue weighted by Crippen LogP contribution is -2.12. The molecule has 116 valence electrons. The number of ether oxygens (including phenoxy) is 1. The van der Waals surface area contributed by atoms with Gasteiger partial charge in [-0.05, 0) is 29.8 Å². The summed E-state index contributed by atoms with van der Waals surface area (Å²) >= 11 is 9.63. The van der Waals surface area contributed by atoms with Crippen molar-refractivity contribution in [3.05, 3.63) is 68.7 Å². The van der Waals surface area contributed by atoms with Crippen LogP contribution in [0.2, 0.25) is 5.02 Å². The first kappa shape index (κ1) is 17.1. The fourth-order valence-corrected chi connectivity index (χ4v) is 2.46. The van der Waals surface area contributed by atoms with Gasteiger partial charge in [-0.1, -0.05) is 51.8 Å². The van der Waals surface area contributed by atoms with Crippen molar-refractivity contribution in [1.82, 2.24) is 0 Å². The maximum Gasteiger partial charge on any atom is 0.259 e. The minimum atomic E-state index is -0.780. The molecule has 0 bridgehead atoms. The molecular weight excluding hydrogens is 380 g/mol. The number of carbonyl (C=O) groups excluding carboxylic acids is 1. The molecule has 0 aliphatic carbocycles. The molecule has 6 heteroatoms. The standard InChI is InChI=1S/C17H12BrClN2O2/c18-14-4-2-1-3-12(14)10-23-16-6-5-11(8-15(16)19)7-13(9-20)17(21)22/h1-8H,10H2,(H2,21,22)/b13-7+. The van der Waals surface area contributed by atoms with Crippen molar-refractivity contribution < 1.29 is 9.53 Å². The molecular formula is C17H12BrClN2O2. The first-order valence-electron chi connectivity index (χ1n) is 6.58. The lowest BCUT2D eigenvalue weighted by Gasteiger charge is -2.10. The van der Waals surface area contributed by atoms with Crippen LogP contribution >= 0.6 is 27.5 Å². The Kier molecular flexibility index (Phi) is 5.80. The molecule has 0 fully saturated rings. The summed E-state index contributed by atoms with van der Waals surface area (Å²) in [7, 11) is 0. The van der Waals surface area contributed by atoms with Crippen LogP contribution in [-0.2, 0) is 11.4 Å². The van der Waals surface area contributed by atoms with Crippen LogP contribution in [0.4, 0.5) is 0 Å². The maximum atomic E-state index is 11.0. The van der Waals surface area contributed by atoms with E-state index in [0.717, 1.165) is 10.0 Å². The fraction of sp³-hybridized carbons (Fsp3) is 0.0588. The van der Waals surface area contributed by atoms with E-state index in [1.807, 2.05) is 24.3 Å². The Labute approximate surface area is 147 Å². The van der Waals surface area contributed by atoms with Crippen LogP contribution in [-0.4, -0.2) is 5.91 Å². The zero-order valence-electron chi connectivity index (χ0n) is 11.9. The molecule has 0 aliphatic rings. The molecule has 2 aromatic carbocycles. The number of hydrogen-bond acceptors (Lipinski definition) is 3. The first-order valence-corrected chi connectivity index (χ1v) is 7.75. The van der Waals surface area contributed by atoms with Crippen LogP contribution < -0.4 is 10.5 Å². The lowest BCUT2D eigenvalue weighted by atomic mass is 10.1. The Morgan fingerprint density at radius 1 is 1.35 bits per heavy atom. The quantitative estimate of drug-likeness (QED) is 0.616. The Hall–Kier alpha value is -2.29. The van der Waals surface area contributed by atoms with Gasteiger partial charge in [0.1, 0.15) is 24.0 Å². The number of benzene rings is 2. The largest absolute Gasteiger partial charge is 0.487 e. The van der Waals surface area contributed by atoms with Crippen LogP contribution in [0.15, 0.2) is 52.5 Å². The highest BCUT2D eigenvalue weighted by atomic mass is 79.9. The summed E-state index contributed by atoms with van der Waals surface area (Å²) in [6, 6.07) is 14.5. The number of amides is 1. The van der Waals surface area contributed by atoms with Gasteiger partial charge in [-0.15, -0.1) is 0 Å². The predicted molar refractivity (Wildman–Crippen MR) is 92.7 cm³/mol. The second-order valence-electron chi connectivity index (χ2n) is 4.60. The van der Waals surface area contributed by atoms with E-state index >= 15 is 0 Å². The highest BCUT2D eigenvalue weighted by Crippen LogP contribution is 2.28. The summed E-state index contributed by atoms with van der Waals surface area (Å²) in [4.78, 5) is 11.0. The summed E-state index contributed by atoms with van der Waals surface area (Å²) < 4.78 is 6.65.